The second kappa shape index (κ2) is 12.4. The summed E-state index contributed by atoms with van der Waals surface area (Å²) in [7, 11) is 0. The zero-order valence-corrected chi connectivity index (χ0v) is 30.0. The minimum Gasteiger partial charge on any atom is -0.333 e. The molecule has 0 saturated carbocycles. The third-order valence-corrected chi connectivity index (χ3v) is 11.6. The Morgan fingerprint density at radius 2 is 1.09 bits per heavy atom. The number of fused-ring (bicyclic) bond motifs is 6. The van der Waals surface area contributed by atoms with Gasteiger partial charge in [-0.1, -0.05) is 147 Å². The normalized spacial score (nSPS) is 17.2. The highest BCUT2D eigenvalue weighted by atomic mass is 15.2. The Hall–Kier alpha value is -6.38. The first-order valence-electron chi connectivity index (χ1n) is 18.7. The molecule has 53 heavy (non-hydrogen) atoms. The molecule has 0 spiro atoms. The van der Waals surface area contributed by atoms with Gasteiger partial charge in [0, 0.05) is 39.8 Å². The molecule has 0 bridgehead atoms. The molecule has 2 aliphatic carbocycles. The van der Waals surface area contributed by atoms with Gasteiger partial charge in [-0.2, -0.15) is 0 Å². The third kappa shape index (κ3) is 5.17. The van der Waals surface area contributed by atoms with Crippen LogP contribution in [0.2, 0.25) is 0 Å². The molecule has 0 aromatic heterocycles. The molecule has 254 valence electrons. The Morgan fingerprint density at radius 3 is 1.92 bits per heavy atom. The van der Waals surface area contributed by atoms with Crippen molar-refractivity contribution in [2.75, 3.05) is 9.80 Å². The van der Waals surface area contributed by atoms with Gasteiger partial charge in [0.1, 0.15) is 0 Å². The molecule has 0 radical (unpaired) electrons. The zero-order valence-electron chi connectivity index (χ0n) is 30.0. The number of benzene rings is 7. The molecule has 0 saturated heterocycles. The van der Waals surface area contributed by atoms with Crippen molar-refractivity contribution in [2.45, 2.75) is 31.2 Å². The summed E-state index contributed by atoms with van der Waals surface area (Å²) in [5, 5.41) is 0. The zero-order chi connectivity index (χ0) is 35.5. The number of nitrogens with zero attached hydrogens (tertiary/aromatic N) is 2. The van der Waals surface area contributed by atoms with Crippen LogP contribution in [-0.4, -0.2) is 6.04 Å². The van der Waals surface area contributed by atoms with Gasteiger partial charge >= 0.3 is 0 Å². The predicted octanol–water partition coefficient (Wildman–Crippen LogP) is 13.5. The molecule has 7 aromatic carbocycles. The fourth-order valence-electron chi connectivity index (χ4n) is 8.95. The Balaban J connectivity index is 1.06. The first kappa shape index (κ1) is 31.4. The van der Waals surface area contributed by atoms with E-state index in [0.717, 1.165) is 17.1 Å². The van der Waals surface area contributed by atoms with Crippen LogP contribution < -0.4 is 9.80 Å². The van der Waals surface area contributed by atoms with Crippen molar-refractivity contribution < 1.29 is 0 Å². The van der Waals surface area contributed by atoms with Crippen LogP contribution in [-0.2, 0) is 5.41 Å². The topological polar surface area (TPSA) is 6.48 Å². The van der Waals surface area contributed by atoms with Crippen LogP contribution in [0.4, 0.5) is 28.4 Å². The summed E-state index contributed by atoms with van der Waals surface area (Å²) in [5.74, 6) is 0.317. The lowest BCUT2D eigenvalue weighted by Gasteiger charge is -2.28. The molecule has 2 nitrogen and oxygen atoms in total. The van der Waals surface area contributed by atoms with Crippen LogP contribution in [0.3, 0.4) is 0 Å². The fraction of sp³-hybridized carbons (Fsp3) is 0.0980. The van der Waals surface area contributed by atoms with Crippen molar-refractivity contribution in [1.82, 2.24) is 0 Å². The number of hydrogen-bond acceptors (Lipinski definition) is 2. The van der Waals surface area contributed by atoms with Crippen LogP contribution in [0.15, 0.2) is 194 Å². The maximum atomic E-state index is 2.49. The van der Waals surface area contributed by atoms with Crippen LogP contribution in [0.1, 0.15) is 36.5 Å². The first-order chi connectivity index (χ1) is 26.0. The molecule has 0 amide bonds. The van der Waals surface area contributed by atoms with E-state index in [1.165, 1.54) is 61.4 Å². The summed E-state index contributed by atoms with van der Waals surface area (Å²) in [6.07, 6.45) is 9.08. The first-order valence-corrected chi connectivity index (χ1v) is 18.7. The van der Waals surface area contributed by atoms with Gasteiger partial charge in [-0.15, -0.1) is 0 Å². The summed E-state index contributed by atoms with van der Waals surface area (Å²) in [6.45, 7) is 4.71. The van der Waals surface area contributed by atoms with E-state index in [-0.39, 0.29) is 11.5 Å². The maximum absolute atomic E-state index is 2.49. The van der Waals surface area contributed by atoms with E-state index in [2.05, 4.69) is 218 Å². The third-order valence-electron chi connectivity index (χ3n) is 11.6. The lowest BCUT2D eigenvalue weighted by Crippen LogP contribution is -2.28. The minimum atomic E-state index is -0.0880. The number of hydrogen-bond donors (Lipinski definition) is 0. The SMILES string of the molecule is CC1(C)c2ccccc2-c2ccc(N(c3ccc(-c4ccc5c(c4)C4C=CC=CC4N5c4ccccc4)cc3)c3cccc(-c4ccccc4)c3)cc21. The summed E-state index contributed by atoms with van der Waals surface area (Å²) >= 11 is 0. The van der Waals surface area contributed by atoms with E-state index in [4.69, 9.17) is 0 Å². The van der Waals surface area contributed by atoms with Gasteiger partial charge in [0.2, 0.25) is 0 Å². The van der Waals surface area contributed by atoms with Crippen LogP contribution in [0.25, 0.3) is 33.4 Å². The van der Waals surface area contributed by atoms with Crippen molar-refractivity contribution in [3.63, 3.8) is 0 Å². The van der Waals surface area contributed by atoms with Crippen molar-refractivity contribution in [2.24, 2.45) is 0 Å². The number of allylic oxidation sites excluding steroid dienone is 2. The molecule has 0 N–H and O–H groups in total. The molecule has 0 fully saturated rings. The Kier molecular flexibility index (Phi) is 7.33. The predicted molar refractivity (Wildman–Crippen MR) is 223 cm³/mol. The maximum Gasteiger partial charge on any atom is 0.0629 e. The monoisotopic (exact) mass is 680 g/mol. The van der Waals surface area contributed by atoms with Crippen molar-refractivity contribution in [3.05, 3.63) is 211 Å². The highest BCUT2D eigenvalue weighted by Gasteiger charge is 2.38. The van der Waals surface area contributed by atoms with Gasteiger partial charge in [0.15, 0.2) is 0 Å². The van der Waals surface area contributed by atoms with Crippen molar-refractivity contribution >= 4 is 28.4 Å². The highest BCUT2D eigenvalue weighted by molar-refractivity contribution is 5.87. The van der Waals surface area contributed by atoms with E-state index < -0.39 is 0 Å². The second-order valence-corrected chi connectivity index (χ2v) is 15.0. The standard InChI is InChI=1S/C51H40N2/c1-51(2)47-22-11-9-20-43(47)44-30-29-42(34-48(44)51)52(41-19-13-16-37(32-41)35-14-5-3-6-15-35)40-27-24-36(25-28-40)38-26-31-50-46(33-38)45-21-10-12-23-49(45)53(50)39-17-7-4-8-18-39/h3-34,45,49H,1-2H3. The van der Waals surface area contributed by atoms with Crippen LogP contribution >= 0.6 is 0 Å². The summed E-state index contributed by atoms with van der Waals surface area (Å²) in [6, 6.07) is 62.7. The Morgan fingerprint density at radius 1 is 0.472 bits per heavy atom. The Labute approximate surface area is 312 Å². The molecule has 7 aromatic rings. The number of rotatable bonds is 6. The molecule has 2 atom stereocenters. The van der Waals surface area contributed by atoms with E-state index >= 15 is 0 Å². The molecule has 3 aliphatic rings. The molecule has 2 unspecified atom stereocenters. The van der Waals surface area contributed by atoms with Gasteiger partial charge in [0.05, 0.1) is 6.04 Å². The molecule has 1 heterocycles. The van der Waals surface area contributed by atoms with Gasteiger partial charge in [-0.05, 0) is 111 Å². The molecular formula is C51H40N2. The Bertz CT molecular complexity index is 2540. The van der Waals surface area contributed by atoms with E-state index in [9.17, 15) is 0 Å². The number of para-hydroxylation sites is 1. The van der Waals surface area contributed by atoms with Crippen molar-refractivity contribution in [1.29, 1.82) is 0 Å². The smallest absolute Gasteiger partial charge is 0.0629 e. The fourth-order valence-corrected chi connectivity index (χ4v) is 8.95. The largest absolute Gasteiger partial charge is 0.333 e. The lowest BCUT2D eigenvalue weighted by atomic mass is 9.82. The van der Waals surface area contributed by atoms with Gasteiger partial charge in [0.25, 0.3) is 0 Å². The minimum absolute atomic E-state index is 0.0880. The average Bonchev–Trinajstić information content (AvgIpc) is 3.67. The lowest BCUT2D eigenvalue weighted by molar-refractivity contribution is 0.660. The van der Waals surface area contributed by atoms with Crippen LogP contribution in [0.5, 0.6) is 0 Å². The summed E-state index contributed by atoms with van der Waals surface area (Å²) in [4.78, 5) is 4.91. The number of anilines is 5. The van der Waals surface area contributed by atoms with Crippen LogP contribution in [0, 0.1) is 0 Å². The van der Waals surface area contributed by atoms with E-state index in [1.807, 2.05) is 0 Å². The average molecular weight is 681 g/mol. The molecular weight excluding hydrogens is 641 g/mol. The molecule has 10 rings (SSSR count). The summed E-state index contributed by atoms with van der Waals surface area (Å²) in [5.41, 5.74) is 17.5. The molecule has 1 aliphatic heterocycles. The highest BCUT2D eigenvalue weighted by Crippen LogP contribution is 2.51. The van der Waals surface area contributed by atoms with Gasteiger partial charge in [-0.25, -0.2) is 0 Å². The van der Waals surface area contributed by atoms with E-state index in [1.54, 1.807) is 0 Å². The molecule has 2 heteroatoms. The van der Waals surface area contributed by atoms with E-state index in [0.29, 0.717) is 5.92 Å². The van der Waals surface area contributed by atoms with Crippen molar-refractivity contribution in [3.8, 4) is 33.4 Å². The summed E-state index contributed by atoms with van der Waals surface area (Å²) < 4.78 is 0. The second-order valence-electron chi connectivity index (χ2n) is 15.0. The van der Waals surface area contributed by atoms with Gasteiger partial charge < -0.3 is 9.80 Å². The van der Waals surface area contributed by atoms with Gasteiger partial charge in [-0.3, -0.25) is 0 Å². The quantitative estimate of drug-likeness (QED) is 0.172.